The van der Waals surface area contributed by atoms with E-state index < -0.39 is 0 Å². The molecule has 34 heavy (non-hydrogen) atoms. The van der Waals surface area contributed by atoms with Crippen molar-refractivity contribution in [3.8, 4) is 5.75 Å². The number of aromatic nitrogens is 1. The van der Waals surface area contributed by atoms with Crippen LogP contribution in [0, 0.1) is 5.82 Å². The van der Waals surface area contributed by atoms with Crippen molar-refractivity contribution in [2.45, 2.75) is 50.9 Å². The maximum Gasteiger partial charge on any atom is 0.227 e. The fraction of sp³-hybridized carbons (Fsp3) is 0.481. The van der Waals surface area contributed by atoms with Crippen LogP contribution in [0.1, 0.15) is 61.3 Å². The number of carbonyl (C=O) groups is 1. The van der Waals surface area contributed by atoms with Crippen LogP contribution < -0.4 is 9.64 Å². The summed E-state index contributed by atoms with van der Waals surface area (Å²) in [6.07, 6.45) is 4.54. The highest BCUT2D eigenvalue weighted by Gasteiger charge is 2.35. The van der Waals surface area contributed by atoms with Gasteiger partial charge in [0.05, 0.1) is 18.0 Å². The first-order valence-corrected chi connectivity index (χ1v) is 12.4. The fourth-order valence-electron chi connectivity index (χ4n) is 5.88. The number of piperidine rings is 1. The number of amides is 1. The normalized spacial score (nSPS) is 20.8. The molecule has 4 heterocycles. The Hall–Kier alpha value is -2.93. The zero-order chi connectivity index (χ0) is 23.2. The van der Waals surface area contributed by atoms with Crippen LogP contribution in [0.2, 0.25) is 0 Å². The summed E-state index contributed by atoms with van der Waals surface area (Å²) in [5.74, 6) is 1.50. The highest BCUT2D eigenvalue weighted by molar-refractivity contribution is 5.99. The molecule has 1 saturated heterocycles. The Morgan fingerprint density at radius 2 is 2.03 bits per heavy atom. The predicted molar refractivity (Wildman–Crippen MR) is 128 cm³/mol. The first-order valence-electron chi connectivity index (χ1n) is 12.4. The zero-order valence-corrected chi connectivity index (χ0v) is 19.6. The Balaban J connectivity index is 1.01. The molecule has 6 nitrogen and oxygen atoms in total. The van der Waals surface area contributed by atoms with Crippen LogP contribution in [0.4, 0.5) is 10.1 Å². The third-order valence-corrected chi connectivity index (χ3v) is 7.70. The lowest BCUT2D eigenvalue weighted by Crippen LogP contribution is -2.34. The van der Waals surface area contributed by atoms with Crippen LogP contribution in [-0.2, 0) is 11.2 Å². The van der Waals surface area contributed by atoms with E-state index in [4.69, 9.17) is 9.26 Å². The lowest BCUT2D eigenvalue weighted by Gasteiger charge is -2.31. The Bertz CT molecular complexity index is 1230. The molecule has 0 N–H and O–H groups in total. The van der Waals surface area contributed by atoms with Crippen LogP contribution in [0.5, 0.6) is 5.75 Å². The van der Waals surface area contributed by atoms with Crippen LogP contribution in [-0.4, -0.2) is 48.7 Å². The molecule has 0 radical (unpaired) electrons. The van der Waals surface area contributed by atoms with Crippen LogP contribution >= 0.6 is 0 Å². The van der Waals surface area contributed by atoms with Gasteiger partial charge in [-0.3, -0.25) is 4.79 Å². The number of hydrogen-bond acceptors (Lipinski definition) is 5. The summed E-state index contributed by atoms with van der Waals surface area (Å²) in [5, 5.41) is 5.18. The summed E-state index contributed by atoms with van der Waals surface area (Å²) in [7, 11) is 0. The Labute approximate surface area is 198 Å². The summed E-state index contributed by atoms with van der Waals surface area (Å²) in [6.45, 7) is 6.67. The van der Waals surface area contributed by atoms with Gasteiger partial charge in [-0.1, -0.05) is 12.1 Å². The van der Waals surface area contributed by atoms with Gasteiger partial charge in [-0.05, 0) is 80.1 Å². The first kappa shape index (κ1) is 21.6. The van der Waals surface area contributed by atoms with Crippen molar-refractivity contribution in [1.82, 2.24) is 10.1 Å². The smallest absolute Gasteiger partial charge is 0.227 e. The molecule has 6 rings (SSSR count). The molecule has 1 aromatic heterocycles. The molecule has 3 aliphatic heterocycles. The quantitative estimate of drug-likeness (QED) is 0.481. The van der Waals surface area contributed by atoms with E-state index in [0.29, 0.717) is 24.5 Å². The average Bonchev–Trinajstić information content (AvgIpc) is 3.45. The molecule has 2 aromatic carbocycles. The number of nitrogens with zero attached hydrogens (tertiary/aromatic N) is 3. The molecule has 178 valence electrons. The molecular formula is C27H30FN3O3. The van der Waals surface area contributed by atoms with Crippen LogP contribution in [0.3, 0.4) is 0 Å². The second-order valence-corrected chi connectivity index (χ2v) is 9.95. The van der Waals surface area contributed by atoms with Crippen molar-refractivity contribution >= 4 is 22.6 Å². The molecule has 0 spiro atoms. The number of ether oxygens (including phenoxy) is 1. The van der Waals surface area contributed by atoms with Gasteiger partial charge in [0.2, 0.25) is 5.91 Å². The van der Waals surface area contributed by atoms with Crippen LogP contribution in [0.15, 0.2) is 34.9 Å². The number of rotatable bonds is 6. The number of fused-ring (bicyclic) bond motifs is 1. The van der Waals surface area contributed by atoms with Crippen molar-refractivity contribution in [3.05, 3.63) is 53.0 Å². The van der Waals surface area contributed by atoms with Crippen molar-refractivity contribution in [3.63, 3.8) is 0 Å². The molecule has 3 aliphatic rings. The lowest BCUT2D eigenvalue weighted by molar-refractivity contribution is -0.119. The Morgan fingerprint density at radius 1 is 1.18 bits per heavy atom. The number of carbonyl (C=O) groups excluding carboxylic acids is 1. The Morgan fingerprint density at radius 3 is 2.88 bits per heavy atom. The minimum atomic E-state index is -0.293. The van der Waals surface area contributed by atoms with Crippen molar-refractivity contribution in [2.24, 2.45) is 0 Å². The van der Waals surface area contributed by atoms with E-state index in [-0.39, 0.29) is 17.6 Å². The SMILES string of the molecule is CC1CC(=O)N2CCc3cc(OCCCN4CCC(c5noc6cc(F)ccc56)CC4)cc1c32. The molecular weight excluding hydrogens is 433 g/mol. The molecule has 1 unspecified atom stereocenters. The number of benzene rings is 2. The van der Waals surface area contributed by atoms with E-state index in [1.54, 1.807) is 6.07 Å². The summed E-state index contributed by atoms with van der Waals surface area (Å²) in [6, 6.07) is 8.94. The van der Waals surface area contributed by atoms with Crippen molar-refractivity contribution in [2.75, 3.05) is 37.7 Å². The van der Waals surface area contributed by atoms with Gasteiger partial charge in [-0.25, -0.2) is 4.39 Å². The minimum absolute atomic E-state index is 0.251. The molecule has 1 atom stereocenters. The standard InChI is InChI=1S/C27H30FN3O3/c1-17-13-25(32)31-11-7-19-14-21(16-23(17)27(19)31)33-12-2-8-30-9-5-18(6-10-30)26-22-4-3-20(28)15-24(22)34-29-26/h3-4,14-18H,2,5-13H2,1H3. The second-order valence-electron chi connectivity index (χ2n) is 9.95. The largest absolute Gasteiger partial charge is 0.494 e. The van der Waals surface area contributed by atoms with Crippen molar-refractivity contribution in [1.29, 1.82) is 0 Å². The topological polar surface area (TPSA) is 58.8 Å². The molecule has 0 saturated carbocycles. The molecule has 7 heteroatoms. The van der Waals surface area contributed by atoms with Crippen molar-refractivity contribution < 1.29 is 18.4 Å². The number of likely N-dealkylation sites (tertiary alicyclic amines) is 1. The van der Waals surface area contributed by atoms with Gasteiger partial charge in [0.25, 0.3) is 0 Å². The molecule has 1 fully saturated rings. The van der Waals surface area contributed by atoms with E-state index in [2.05, 4.69) is 29.1 Å². The maximum atomic E-state index is 13.4. The summed E-state index contributed by atoms with van der Waals surface area (Å²) in [4.78, 5) is 16.7. The van der Waals surface area contributed by atoms with Gasteiger partial charge < -0.3 is 19.1 Å². The van der Waals surface area contributed by atoms with E-state index in [0.717, 1.165) is 74.4 Å². The third kappa shape index (κ3) is 3.86. The summed E-state index contributed by atoms with van der Waals surface area (Å²) in [5.41, 5.74) is 5.15. The van der Waals surface area contributed by atoms with Gasteiger partial charge in [-0.15, -0.1) is 0 Å². The highest BCUT2D eigenvalue weighted by atomic mass is 19.1. The van der Waals surface area contributed by atoms with E-state index in [1.807, 2.05) is 4.90 Å². The van der Waals surface area contributed by atoms with Crippen LogP contribution in [0.25, 0.3) is 11.0 Å². The number of hydrogen-bond donors (Lipinski definition) is 0. The third-order valence-electron chi connectivity index (χ3n) is 7.70. The molecule has 1 amide bonds. The lowest BCUT2D eigenvalue weighted by atomic mass is 9.90. The first-order chi connectivity index (χ1) is 16.6. The van der Waals surface area contributed by atoms with Gasteiger partial charge in [0, 0.05) is 36.9 Å². The maximum absolute atomic E-state index is 13.4. The fourth-order valence-corrected chi connectivity index (χ4v) is 5.88. The molecule has 3 aromatic rings. The molecule has 0 bridgehead atoms. The number of halogens is 1. The summed E-state index contributed by atoms with van der Waals surface area (Å²) < 4.78 is 24.9. The van der Waals surface area contributed by atoms with Gasteiger partial charge >= 0.3 is 0 Å². The molecule has 0 aliphatic carbocycles. The highest BCUT2D eigenvalue weighted by Crippen LogP contribution is 2.44. The average molecular weight is 464 g/mol. The minimum Gasteiger partial charge on any atom is -0.494 e. The van der Waals surface area contributed by atoms with E-state index >= 15 is 0 Å². The van der Waals surface area contributed by atoms with E-state index in [1.165, 1.54) is 23.3 Å². The van der Waals surface area contributed by atoms with Gasteiger partial charge in [0.15, 0.2) is 5.58 Å². The van der Waals surface area contributed by atoms with Gasteiger partial charge in [-0.2, -0.15) is 0 Å². The van der Waals surface area contributed by atoms with Gasteiger partial charge in [0.1, 0.15) is 11.6 Å². The second kappa shape index (κ2) is 8.69. The monoisotopic (exact) mass is 463 g/mol. The zero-order valence-electron chi connectivity index (χ0n) is 19.6. The predicted octanol–water partition coefficient (Wildman–Crippen LogP) is 5.01. The Kier molecular flexibility index (Phi) is 5.52. The summed E-state index contributed by atoms with van der Waals surface area (Å²) >= 11 is 0. The number of anilines is 1. The van der Waals surface area contributed by atoms with E-state index in [9.17, 15) is 9.18 Å².